The summed E-state index contributed by atoms with van der Waals surface area (Å²) in [6.45, 7) is 5.62. The average Bonchev–Trinajstić information content (AvgIpc) is 2.15. The van der Waals surface area contributed by atoms with Crippen LogP contribution in [0.2, 0.25) is 0 Å². The predicted octanol–water partition coefficient (Wildman–Crippen LogP) is 2.84. The smallest absolute Gasteiger partial charge is 0.251 e. The second-order valence-electron chi connectivity index (χ2n) is 4.39. The van der Waals surface area contributed by atoms with Gasteiger partial charge in [-0.05, 0) is 51.0 Å². The standard InChI is InChI=1S/C13H18ClNO2/c1-8-6-11(16)4-5-12(8)13(17)15-10(3)7-9(2)14/h4-6,9-10,16H,7H2,1-3H3,(H,15,17). The number of carbonyl (C=O) groups excluding carboxylic acids is 1. The van der Waals surface area contributed by atoms with E-state index in [0.717, 1.165) is 12.0 Å². The predicted molar refractivity (Wildman–Crippen MR) is 69.7 cm³/mol. The average molecular weight is 256 g/mol. The van der Waals surface area contributed by atoms with Gasteiger partial charge in [0, 0.05) is 17.0 Å². The molecule has 1 amide bonds. The Balaban J connectivity index is 2.70. The number of nitrogens with one attached hydrogen (secondary N) is 1. The van der Waals surface area contributed by atoms with E-state index in [-0.39, 0.29) is 23.1 Å². The first-order valence-electron chi connectivity index (χ1n) is 5.64. The van der Waals surface area contributed by atoms with Crippen molar-refractivity contribution in [2.24, 2.45) is 0 Å². The van der Waals surface area contributed by atoms with E-state index in [1.54, 1.807) is 19.1 Å². The van der Waals surface area contributed by atoms with Gasteiger partial charge < -0.3 is 10.4 Å². The Bertz CT molecular complexity index is 404. The van der Waals surface area contributed by atoms with Crippen molar-refractivity contribution in [2.45, 2.75) is 38.6 Å². The molecule has 1 aromatic rings. The van der Waals surface area contributed by atoms with Crippen LogP contribution < -0.4 is 5.32 Å². The van der Waals surface area contributed by atoms with Crippen molar-refractivity contribution in [1.29, 1.82) is 0 Å². The van der Waals surface area contributed by atoms with E-state index in [2.05, 4.69) is 5.32 Å². The van der Waals surface area contributed by atoms with Crippen LogP contribution in [0.5, 0.6) is 5.75 Å². The summed E-state index contributed by atoms with van der Waals surface area (Å²) in [5, 5.41) is 12.2. The number of benzene rings is 1. The van der Waals surface area contributed by atoms with E-state index >= 15 is 0 Å². The molecule has 3 nitrogen and oxygen atoms in total. The van der Waals surface area contributed by atoms with Crippen molar-refractivity contribution in [3.05, 3.63) is 29.3 Å². The van der Waals surface area contributed by atoms with Crippen LogP contribution in [-0.4, -0.2) is 22.4 Å². The fourth-order valence-corrected chi connectivity index (χ4v) is 2.02. The van der Waals surface area contributed by atoms with Gasteiger partial charge in [0.1, 0.15) is 5.75 Å². The van der Waals surface area contributed by atoms with Crippen LogP contribution in [0.15, 0.2) is 18.2 Å². The van der Waals surface area contributed by atoms with E-state index in [1.807, 2.05) is 13.8 Å². The molecule has 0 aliphatic rings. The summed E-state index contributed by atoms with van der Waals surface area (Å²) < 4.78 is 0. The van der Waals surface area contributed by atoms with Gasteiger partial charge in [0.2, 0.25) is 0 Å². The lowest BCUT2D eigenvalue weighted by Crippen LogP contribution is -2.34. The molecule has 0 bridgehead atoms. The Labute approximate surface area is 107 Å². The van der Waals surface area contributed by atoms with E-state index in [9.17, 15) is 9.90 Å². The maximum absolute atomic E-state index is 11.9. The number of aromatic hydroxyl groups is 1. The summed E-state index contributed by atoms with van der Waals surface area (Å²) in [5.41, 5.74) is 1.34. The molecule has 0 saturated heterocycles. The van der Waals surface area contributed by atoms with Crippen LogP contribution >= 0.6 is 11.6 Å². The fourth-order valence-electron chi connectivity index (χ4n) is 1.75. The molecule has 0 aromatic heterocycles. The van der Waals surface area contributed by atoms with Gasteiger partial charge in [-0.15, -0.1) is 11.6 Å². The van der Waals surface area contributed by atoms with Crippen LogP contribution in [0, 0.1) is 6.92 Å². The van der Waals surface area contributed by atoms with Crippen molar-refractivity contribution in [2.75, 3.05) is 0 Å². The summed E-state index contributed by atoms with van der Waals surface area (Å²) in [6, 6.07) is 4.74. The third kappa shape index (κ3) is 4.27. The highest BCUT2D eigenvalue weighted by Gasteiger charge is 2.13. The van der Waals surface area contributed by atoms with Gasteiger partial charge in [0.05, 0.1) is 0 Å². The zero-order valence-electron chi connectivity index (χ0n) is 10.3. The Kier molecular flexibility index (Phi) is 4.82. The van der Waals surface area contributed by atoms with Crippen molar-refractivity contribution >= 4 is 17.5 Å². The number of phenolic OH excluding ortho intramolecular Hbond substituents is 1. The Morgan fingerprint density at radius 1 is 1.47 bits per heavy atom. The highest BCUT2D eigenvalue weighted by atomic mass is 35.5. The maximum Gasteiger partial charge on any atom is 0.251 e. The van der Waals surface area contributed by atoms with Gasteiger partial charge in [-0.2, -0.15) is 0 Å². The number of phenols is 1. The van der Waals surface area contributed by atoms with E-state index < -0.39 is 0 Å². The van der Waals surface area contributed by atoms with Crippen LogP contribution in [-0.2, 0) is 0 Å². The maximum atomic E-state index is 11.9. The molecular weight excluding hydrogens is 238 g/mol. The monoisotopic (exact) mass is 255 g/mol. The van der Waals surface area contributed by atoms with E-state index in [0.29, 0.717) is 5.56 Å². The second-order valence-corrected chi connectivity index (χ2v) is 5.14. The number of amides is 1. The number of halogens is 1. The lowest BCUT2D eigenvalue weighted by atomic mass is 10.1. The van der Waals surface area contributed by atoms with Crippen LogP contribution in [0.3, 0.4) is 0 Å². The van der Waals surface area contributed by atoms with Crippen LogP contribution in [0.1, 0.15) is 36.2 Å². The molecule has 0 heterocycles. The third-order valence-electron chi connectivity index (χ3n) is 2.51. The van der Waals surface area contributed by atoms with E-state index in [4.69, 9.17) is 11.6 Å². The minimum atomic E-state index is -0.132. The Hall–Kier alpha value is -1.22. The highest BCUT2D eigenvalue weighted by molar-refractivity contribution is 6.20. The SMILES string of the molecule is Cc1cc(O)ccc1C(=O)NC(C)CC(C)Cl. The van der Waals surface area contributed by atoms with Gasteiger partial charge in [0.25, 0.3) is 5.91 Å². The number of hydrogen-bond acceptors (Lipinski definition) is 2. The zero-order chi connectivity index (χ0) is 13.0. The molecular formula is C13H18ClNO2. The lowest BCUT2D eigenvalue weighted by molar-refractivity contribution is 0.0938. The quantitative estimate of drug-likeness (QED) is 0.813. The first kappa shape index (κ1) is 13.8. The van der Waals surface area contributed by atoms with Crippen molar-refractivity contribution in [1.82, 2.24) is 5.32 Å². The fraction of sp³-hybridized carbons (Fsp3) is 0.462. The number of alkyl halides is 1. The van der Waals surface area contributed by atoms with Crippen molar-refractivity contribution in [3.8, 4) is 5.75 Å². The molecule has 94 valence electrons. The topological polar surface area (TPSA) is 49.3 Å². The molecule has 2 unspecified atom stereocenters. The molecule has 17 heavy (non-hydrogen) atoms. The van der Waals surface area contributed by atoms with Gasteiger partial charge in [0.15, 0.2) is 0 Å². The molecule has 2 N–H and O–H groups in total. The molecule has 1 aromatic carbocycles. The van der Waals surface area contributed by atoms with Gasteiger partial charge >= 0.3 is 0 Å². The third-order valence-corrected chi connectivity index (χ3v) is 2.69. The molecule has 0 spiro atoms. The largest absolute Gasteiger partial charge is 0.508 e. The Morgan fingerprint density at radius 3 is 2.65 bits per heavy atom. The molecule has 0 aliphatic carbocycles. The molecule has 0 saturated carbocycles. The van der Waals surface area contributed by atoms with Crippen LogP contribution in [0.25, 0.3) is 0 Å². The number of aryl methyl sites for hydroxylation is 1. The summed E-state index contributed by atoms with van der Waals surface area (Å²) in [4.78, 5) is 11.9. The summed E-state index contributed by atoms with van der Waals surface area (Å²) >= 11 is 5.87. The summed E-state index contributed by atoms with van der Waals surface area (Å²) in [6.07, 6.45) is 0.727. The first-order chi connectivity index (χ1) is 7.90. The van der Waals surface area contributed by atoms with Crippen molar-refractivity contribution < 1.29 is 9.90 Å². The minimum absolute atomic E-state index is 0.0307. The number of hydrogen-bond donors (Lipinski definition) is 2. The van der Waals surface area contributed by atoms with Gasteiger partial charge in [-0.3, -0.25) is 4.79 Å². The Morgan fingerprint density at radius 2 is 2.12 bits per heavy atom. The molecule has 4 heteroatoms. The molecule has 1 rings (SSSR count). The van der Waals surface area contributed by atoms with Crippen LogP contribution in [0.4, 0.5) is 0 Å². The van der Waals surface area contributed by atoms with E-state index in [1.165, 1.54) is 6.07 Å². The lowest BCUT2D eigenvalue weighted by Gasteiger charge is -2.16. The van der Waals surface area contributed by atoms with Gasteiger partial charge in [-0.1, -0.05) is 0 Å². The number of carbonyl (C=O) groups is 1. The highest BCUT2D eigenvalue weighted by Crippen LogP contribution is 2.16. The molecule has 0 aliphatic heterocycles. The zero-order valence-corrected chi connectivity index (χ0v) is 11.1. The molecule has 0 fully saturated rings. The molecule has 0 radical (unpaired) electrons. The van der Waals surface area contributed by atoms with Gasteiger partial charge in [-0.25, -0.2) is 0 Å². The normalized spacial score (nSPS) is 14.1. The first-order valence-corrected chi connectivity index (χ1v) is 6.08. The summed E-state index contributed by atoms with van der Waals surface area (Å²) in [7, 11) is 0. The number of rotatable bonds is 4. The molecule has 2 atom stereocenters. The minimum Gasteiger partial charge on any atom is -0.508 e. The summed E-state index contributed by atoms with van der Waals surface area (Å²) in [5.74, 6) is 0.0359. The van der Waals surface area contributed by atoms with Crippen molar-refractivity contribution in [3.63, 3.8) is 0 Å². The second kappa shape index (κ2) is 5.92.